The highest BCUT2D eigenvalue weighted by atomic mass is 14.4. The van der Waals surface area contributed by atoms with Gasteiger partial charge >= 0.3 is 0 Å². The van der Waals surface area contributed by atoms with Crippen molar-refractivity contribution in [3.8, 4) is 0 Å². The first-order valence-electron chi connectivity index (χ1n) is 13.8. The van der Waals surface area contributed by atoms with E-state index >= 15 is 0 Å². The molecule has 166 valence electrons. The van der Waals surface area contributed by atoms with Crippen molar-refractivity contribution in [1.82, 2.24) is 0 Å². The Morgan fingerprint density at radius 2 is 1.11 bits per heavy atom. The van der Waals surface area contributed by atoms with E-state index in [9.17, 15) is 0 Å². The van der Waals surface area contributed by atoms with Gasteiger partial charge in [0.25, 0.3) is 0 Å². The van der Waals surface area contributed by atoms with E-state index in [1.165, 1.54) is 70.6 Å². The molecule has 2 aliphatic carbocycles. The summed E-state index contributed by atoms with van der Waals surface area (Å²) in [7, 11) is 0. The minimum Gasteiger partial charge on any atom is -0.0654 e. The molecule has 0 N–H and O–H groups in total. The number of hydrogen-bond acceptors (Lipinski definition) is 0. The summed E-state index contributed by atoms with van der Waals surface area (Å²) in [6.07, 6.45) is 30.2. The molecule has 0 aliphatic heterocycles. The van der Waals surface area contributed by atoms with Gasteiger partial charge < -0.3 is 0 Å². The number of unbranched alkanes of at least 4 members (excludes halogenated alkanes) is 7. The van der Waals surface area contributed by atoms with E-state index in [4.69, 9.17) is 0 Å². The summed E-state index contributed by atoms with van der Waals surface area (Å²) in [5.41, 5.74) is 0. The highest BCUT2D eigenvalue weighted by molar-refractivity contribution is 4.84. The first-order valence-corrected chi connectivity index (χ1v) is 13.8. The molecule has 0 radical (unpaired) electrons. The molecule has 0 spiro atoms. The van der Waals surface area contributed by atoms with Gasteiger partial charge in [-0.05, 0) is 68.1 Å². The second kappa shape index (κ2) is 14.9. The van der Waals surface area contributed by atoms with Crippen molar-refractivity contribution in [3.05, 3.63) is 0 Å². The monoisotopic (exact) mass is 390 g/mol. The third kappa shape index (κ3) is 8.79. The molecule has 2 saturated carbocycles. The van der Waals surface area contributed by atoms with Gasteiger partial charge in [0.2, 0.25) is 0 Å². The maximum atomic E-state index is 2.46. The van der Waals surface area contributed by atoms with Gasteiger partial charge in [-0.15, -0.1) is 0 Å². The van der Waals surface area contributed by atoms with Crippen LogP contribution in [0.4, 0.5) is 0 Å². The van der Waals surface area contributed by atoms with Crippen molar-refractivity contribution in [3.63, 3.8) is 0 Å². The Kier molecular flexibility index (Phi) is 12.9. The van der Waals surface area contributed by atoms with Gasteiger partial charge in [0.15, 0.2) is 0 Å². The third-order valence-corrected chi connectivity index (χ3v) is 8.71. The fourth-order valence-corrected chi connectivity index (χ4v) is 6.68. The van der Waals surface area contributed by atoms with Gasteiger partial charge in [-0.2, -0.15) is 0 Å². The maximum Gasteiger partial charge on any atom is -0.0386 e. The summed E-state index contributed by atoms with van der Waals surface area (Å²) in [5, 5.41) is 0. The lowest BCUT2D eigenvalue weighted by molar-refractivity contribution is 0.118. The normalized spacial score (nSPS) is 29.7. The van der Waals surface area contributed by atoms with E-state index in [2.05, 4.69) is 20.8 Å². The van der Waals surface area contributed by atoms with Crippen molar-refractivity contribution in [2.75, 3.05) is 0 Å². The summed E-state index contributed by atoms with van der Waals surface area (Å²) in [5.74, 6) is 5.40. The lowest BCUT2D eigenvalue weighted by Gasteiger charge is -2.40. The predicted molar refractivity (Wildman–Crippen MR) is 127 cm³/mol. The highest BCUT2D eigenvalue weighted by Crippen LogP contribution is 2.44. The zero-order chi connectivity index (χ0) is 20.0. The topological polar surface area (TPSA) is 0 Å². The molecule has 28 heavy (non-hydrogen) atoms. The Bertz CT molecular complexity index is 343. The molecule has 1 atom stereocenters. The lowest BCUT2D eigenvalue weighted by atomic mass is 9.66. The number of hydrogen-bond donors (Lipinski definition) is 0. The van der Waals surface area contributed by atoms with E-state index in [-0.39, 0.29) is 0 Å². The molecule has 0 aromatic heterocycles. The van der Waals surface area contributed by atoms with Crippen LogP contribution in [0.1, 0.15) is 149 Å². The van der Waals surface area contributed by atoms with Crippen LogP contribution in [-0.2, 0) is 0 Å². The van der Waals surface area contributed by atoms with Crippen LogP contribution in [-0.4, -0.2) is 0 Å². The Hall–Kier alpha value is 0. The minimum absolute atomic E-state index is 1.04. The predicted octanol–water partition coefficient (Wildman–Crippen LogP) is 9.96. The summed E-state index contributed by atoms with van der Waals surface area (Å²) >= 11 is 0. The van der Waals surface area contributed by atoms with Crippen molar-refractivity contribution in [2.24, 2.45) is 29.6 Å². The van der Waals surface area contributed by atoms with E-state index in [0.717, 1.165) is 29.6 Å². The second-order valence-electron chi connectivity index (χ2n) is 10.7. The third-order valence-electron chi connectivity index (χ3n) is 8.71. The zero-order valence-electron chi connectivity index (χ0n) is 20.0. The van der Waals surface area contributed by atoms with Gasteiger partial charge in [-0.25, -0.2) is 0 Å². The van der Waals surface area contributed by atoms with Gasteiger partial charge in [0.05, 0.1) is 0 Å². The van der Waals surface area contributed by atoms with E-state index in [1.54, 1.807) is 57.8 Å². The van der Waals surface area contributed by atoms with Gasteiger partial charge in [-0.1, -0.05) is 111 Å². The minimum atomic E-state index is 1.04. The van der Waals surface area contributed by atoms with Crippen LogP contribution in [0.15, 0.2) is 0 Å². The molecule has 0 unspecified atom stereocenters. The summed E-state index contributed by atoms with van der Waals surface area (Å²) in [6.45, 7) is 7.12. The van der Waals surface area contributed by atoms with Crippen LogP contribution >= 0.6 is 0 Å². The molecule has 0 bridgehead atoms. The summed E-state index contributed by atoms with van der Waals surface area (Å²) in [6, 6.07) is 0. The highest BCUT2D eigenvalue weighted by Gasteiger charge is 2.32. The maximum absolute atomic E-state index is 2.46. The molecule has 0 aromatic rings. The number of rotatable bonds is 14. The molecule has 2 rings (SSSR count). The van der Waals surface area contributed by atoms with Gasteiger partial charge in [0, 0.05) is 0 Å². The Morgan fingerprint density at radius 3 is 1.68 bits per heavy atom. The zero-order valence-corrected chi connectivity index (χ0v) is 20.0. The quantitative estimate of drug-likeness (QED) is 0.259. The average Bonchev–Trinajstić information content (AvgIpc) is 2.74. The van der Waals surface area contributed by atoms with E-state index < -0.39 is 0 Å². The Balaban J connectivity index is 1.59. The van der Waals surface area contributed by atoms with Crippen molar-refractivity contribution < 1.29 is 0 Å². The fraction of sp³-hybridized carbons (Fsp3) is 1.00. The molecule has 0 aromatic carbocycles. The molecule has 0 saturated heterocycles. The van der Waals surface area contributed by atoms with Crippen LogP contribution in [0.3, 0.4) is 0 Å². The van der Waals surface area contributed by atoms with Crippen LogP contribution in [0.25, 0.3) is 0 Å². The Morgan fingerprint density at radius 1 is 0.571 bits per heavy atom. The second-order valence-corrected chi connectivity index (χ2v) is 10.7. The molecule has 0 nitrogen and oxygen atoms in total. The molecule has 2 fully saturated rings. The standard InChI is InChI=1S/C28H54/c1-4-7-9-11-12-14-24-16-18-27(19-17-24)28-22-20-26(21-23-28)25(6-3)15-13-10-8-5-2/h24-28H,4-23H2,1-3H3/t24-,25-,26-,27+,28-/m1/s1. The van der Waals surface area contributed by atoms with E-state index in [0.29, 0.717) is 0 Å². The molecular weight excluding hydrogens is 336 g/mol. The first-order chi connectivity index (χ1) is 13.8. The van der Waals surface area contributed by atoms with Crippen LogP contribution in [0.2, 0.25) is 0 Å². The van der Waals surface area contributed by atoms with Crippen LogP contribution in [0, 0.1) is 29.6 Å². The van der Waals surface area contributed by atoms with Crippen molar-refractivity contribution in [1.29, 1.82) is 0 Å². The largest absolute Gasteiger partial charge is 0.0654 e. The SMILES string of the molecule is CCCCCCC[C@H]1CC[C@@H]([C@H]2CC[C@H]([C@H](CC)CCCCCC)CC2)CC1. The lowest BCUT2D eigenvalue weighted by Crippen LogP contribution is -2.28. The molecular formula is C28H54. The van der Waals surface area contributed by atoms with Crippen molar-refractivity contribution >= 4 is 0 Å². The molecule has 2 aliphatic rings. The van der Waals surface area contributed by atoms with Gasteiger partial charge in [-0.3, -0.25) is 0 Å². The van der Waals surface area contributed by atoms with Gasteiger partial charge in [0.1, 0.15) is 0 Å². The average molecular weight is 391 g/mol. The van der Waals surface area contributed by atoms with Crippen LogP contribution in [0.5, 0.6) is 0 Å². The molecule has 0 heterocycles. The summed E-state index contributed by atoms with van der Waals surface area (Å²) < 4.78 is 0. The summed E-state index contributed by atoms with van der Waals surface area (Å²) in [4.78, 5) is 0. The van der Waals surface area contributed by atoms with Crippen molar-refractivity contribution in [2.45, 2.75) is 149 Å². The molecule has 0 amide bonds. The first kappa shape index (κ1) is 24.3. The van der Waals surface area contributed by atoms with E-state index in [1.807, 2.05) is 0 Å². The Labute approximate surface area is 179 Å². The van der Waals surface area contributed by atoms with Crippen LogP contribution < -0.4 is 0 Å². The fourth-order valence-electron chi connectivity index (χ4n) is 6.68. The molecule has 0 heteroatoms. The smallest absolute Gasteiger partial charge is 0.0386 e.